The van der Waals surface area contributed by atoms with Crippen LogP contribution in [0.3, 0.4) is 0 Å². The Hall–Kier alpha value is -2.16. The molecular weight excluding hydrogens is 243 g/mol. The highest BCUT2D eigenvalue weighted by molar-refractivity contribution is 5.86. The summed E-state index contributed by atoms with van der Waals surface area (Å²) in [4.78, 5) is 11.0. The third-order valence-electron chi connectivity index (χ3n) is 3.29. The fraction of sp³-hybridized carbons (Fsp3) is 0.188. The van der Waals surface area contributed by atoms with E-state index in [4.69, 9.17) is 4.74 Å². The van der Waals surface area contributed by atoms with Crippen molar-refractivity contribution in [3.63, 3.8) is 0 Å². The van der Waals surface area contributed by atoms with E-state index in [0.717, 1.165) is 16.7 Å². The first-order valence-corrected chi connectivity index (χ1v) is 5.98. The van der Waals surface area contributed by atoms with E-state index < -0.39 is 5.82 Å². The Morgan fingerprint density at radius 2 is 1.89 bits per heavy atom. The number of carbonyl (C=O) groups excluding carboxylic acids is 1. The highest BCUT2D eigenvalue weighted by Crippen LogP contribution is 2.37. The zero-order chi connectivity index (χ0) is 14.0. The van der Waals surface area contributed by atoms with Gasteiger partial charge in [0.15, 0.2) is 6.29 Å². The first-order chi connectivity index (χ1) is 9.10. The first kappa shape index (κ1) is 13.3. The molecule has 0 bridgehead atoms. The number of ether oxygens (including phenoxy) is 1. The molecule has 0 saturated carbocycles. The fourth-order valence-corrected chi connectivity index (χ4v) is 2.26. The van der Waals surface area contributed by atoms with Crippen LogP contribution in [0.2, 0.25) is 0 Å². The van der Waals surface area contributed by atoms with Crippen molar-refractivity contribution in [3.8, 4) is 16.9 Å². The van der Waals surface area contributed by atoms with Crippen molar-refractivity contribution in [3.05, 3.63) is 52.8 Å². The molecule has 0 saturated heterocycles. The second-order valence-electron chi connectivity index (χ2n) is 4.41. The van der Waals surface area contributed by atoms with Gasteiger partial charge in [-0.05, 0) is 30.5 Å². The second kappa shape index (κ2) is 5.22. The van der Waals surface area contributed by atoms with Crippen molar-refractivity contribution in [1.82, 2.24) is 0 Å². The standard InChI is InChI=1S/C16H15FO2/c1-10-6-4-5-7-12(10)16-11(2)13(9-18)14(17)8-15(16)19-3/h4-9H,1-3H3. The van der Waals surface area contributed by atoms with Crippen LogP contribution < -0.4 is 4.74 Å². The van der Waals surface area contributed by atoms with Gasteiger partial charge in [0.1, 0.15) is 11.6 Å². The van der Waals surface area contributed by atoms with Gasteiger partial charge in [0.2, 0.25) is 0 Å². The number of carbonyl (C=O) groups is 1. The van der Waals surface area contributed by atoms with Gasteiger partial charge in [-0.2, -0.15) is 0 Å². The summed E-state index contributed by atoms with van der Waals surface area (Å²) >= 11 is 0. The maximum Gasteiger partial charge on any atom is 0.153 e. The molecule has 3 heteroatoms. The third-order valence-corrected chi connectivity index (χ3v) is 3.29. The van der Waals surface area contributed by atoms with E-state index in [0.29, 0.717) is 17.6 Å². The Kier molecular flexibility index (Phi) is 3.65. The molecular formula is C16H15FO2. The molecule has 0 aliphatic carbocycles. The van der Waals surface area contributed by atoms with Gasteiger partial charge in [-0.1, -0.05) is 24.3 Å². The molecule has 0 fully saturated rings. The number of benzene rings is 2. The van der Waals surface area contributed by atoms with Gasteiger partial charge in [-0.3, -0.25) is 4.79 Å². The summed E-state index contributed by atoms with van der Waals surface area (Å²) in [6.07, 6.45) is 0.547. The number of methoxy groups -OCH3 is 1. The van der Waals surface area contributed by atoms with Crippen LogP contribution in [0.15, 0.2) is 30.3 Å². The molecule has 2 aromatic rings. The lowest BCUT2D eigenvalue weighted by atomic mass is 9.92. The van der Waals surface area contributed by atoms with Gasteiger partial charge < -0.3 is 4.74 Å². The normalized spacial score (nSPS) is 10.3. The first-order valence-electron chi connectivity index (χ1n) is 5.98. The van der Waals surface area contributed by atoms with E-state index in [9.17, 15) is 9.18 Å². The van der Waals surface area contributed by atoms with E-state index >= 15 is 0 Å². The Morgan fingerprint density at radius 3 is 2.47 bits per heavy atom. The number of aryl methyl sites for hydroxylation is 1. The van der Waals surface area contributed by atoms with Gasteiger partial charge in [0.25, 0.3) is 0 Å². The molecule has 0 radical (unpaired) electrons. The van der Waals surface area contributed by atoms with Crippen LogP contribution in [0.4, 0.5) is 4.39 Å². The van der Waals surface area contributed by atoms with Crippen molar-refractivity contribution in [2.75, 3.05) is 7.11 Å². The van der Waals surface area contributed by atoms with E-state index in [1.165, 1.54) is 13.2 Å². The molecule has 0 aliphatic heterocycles. The quantitative estimate of drug-likeness (QED) is 0.780. The summed E-state index contributed by atoms with van der Waals surface area (Å²) in [7, 11) is 1.50. The second-order valence-corrected chi connectivity index (χ2v) is 4.41. The maximum atomic E-state index is 13.8. The maximum absolute atomic E-state index is 13.8. The molecule has 0 aromatic heterocycles. The van der Waals surface area contributed by atoms with Crippen molar-refractivity contribution in [1.29, 1.82) is 0 Å². The van der Waals surface area contributed by atoms with Gasteiger partial charge in [0, 0.05) is 11.6 Å². The minimum absolute atomic E-state index is 0.0825. The molecule has 0 aliphatic rings. The van der Waals surface area contributed by atoms with Crippen molar-refractivity contribution in [2.24, 2.45) is 0 Å². The van der Waals surface area contributed by atoms with E-state index in [1.807, 2.05) is 31.2 Å². The Balaban J connectivity index is 2.82. The smallest absolute Gasteiger partial charge is 0.153 e. The molecule has 0 heterocycles. The number of hydrogen-bond acceptors (Lipinski definition) is 2. The molecule has 0 atom stereocenters. The highest BCUT2D eigenvalue weighted by atomic mass is 19.1. The summed E-state index contributed by atoms with van der Waals surface area (Å²) in [5.41, 5.74) is 3.44. The molecule has 0 spiro atoms. The van der Waals surface area contributed by atoms with E-state index in [2.05, 4.69) is 0 Å². The molecule has 98 valence electrons. The van der Waals surface area contributed by atoms with Crippen LogP contribution in [0.1, 0.15) is 21.5 Å². The summed E-state index contributed by atoms with van der Waals surface area (Å²) < 4.78 is 19.0. The van der Waals surface area contributed by atoms with E-state index in [1.54, 1.807) is 6.92 Å². The largest absolute Gasteiger partial charge is 0.496 e. The highest BCUT2D eigenvalue weighted by Gasteiger charge is 2.17. The number of hydrogen-bond donors (Lipinski definition) is 0. The predicted molar refractivity (Wildman–Crippen MR) is 73.2 cm³/mol. The Bertz CT molecular complexity index is 633. The summed E-state index contributed by atoms with van der Waals surface area (Å²) in [6.45, 7) is 3.70. The van der Waals surface area contributed by atoms with Crippen molar-refractivity contribution in [2.45, 2.75) is 13.8 Å². The van der Waals surface area contributed by atoms with Crippen LogP contribution in [0, 0.1) is 19.7 Å². The third kappa shape index (κ3) is 2.24. The fourth-order valence-electron chi connectivity index (χ4n) is 2.26. The van der Waals surface area contributed by atoms with Crippen LogP contribution >= 0.6 is 0 Å². The van der Waals surface area contributed by atoms with Gasteiger partial charge in [-0.25, -0.2) is 4.39 Å². The molecule has 0 unspecified atom stereocenters. The van der Waals surface area contributed by atoms with Crippen LogP contribution in [-0.4, -0.2) is 13.4 Å². The minimum atomic E-state index is -0.554. The summed E-state index contributed by atoms with van der Waals surface area (Å²) in [5.74, 6) is -0.114. The Morgan fingerprint density at radius 1 is 1.21 bits per heavy atom. The zero-order valence-corrected chi connectivity index (χ0v) is 11.2. The number of aldehydes is 1. The minimum Gasteiger partial charge on any atom is -0.496 e. The Labute approximate surface area is 111 Å². The molecule has 0 amide bonds. The zero-order valence-electron chi connectivity index (χ0n) is 11.2. The van der Waals surface area contributed by atoms with Crippen LogP contribution in [-0.2, 0) is 0 Å². The molecule has 2 nitrogen and oxygen atoms in total. The summed E-state index contributed by atoms with van der Waals surface area (Å²) in [5, 5.41) is 0. The summed E-state index contributed by atoms with van der Waals surface area (Å²) in [6, 6.07) is 9.01. The molecule has 19 heavy (non-hydrogen) atoms. The predicted octanol–water partition coefficient (Wildman–Crippen LogP) is 3.93. The lowest BCUT2D eigenvalue weighted by Crippen LogP contribution is -2.00. The topological polar surface area (TPSA) is 26.3 Å². The average Bonchev–Trinajstić information content (AvgIpc) is 2.40. The lowest BCUT2D eigenvalue weighted by molar-refractivity contribution is 0.111. The van der Waals surface area contributed by atoms with Gasteiger partial charge >= 0.3 is 0 Å². The van der Waals surface area contributed by atoms with E-state index in [-0.39, 0.29) is 5.56 Å². The van der Waals surface area contributed by atoms with Crippen molar-refractivity contribution >= 4 is 6.29 Å². The van der Waals surface area contributed by atoms with Crippen molar-refractivity contribution < 1.29 is 13.9 Å². The van der Waals surface area contributed by atoms with Gasteiger partial charge in [0.05, 0.1) is 12.7 Å². The van der Waals surface area contributed by atoms with Crippen LogP contribution in [0.5, 0.6) is 5.75 Å². The van der Waals surface area contributed by atoms with Crippen LogP contribution in [0.25, 0.3) is 11.1 Å². The molecule has 2 rings (SSSR count). The average molecular weight is 258 g/mol. The molecule has 0 N–H and O–H groups in total. The van der Waals surface area contributed by atoms with Gasteiger partial charge in [-0.15, -0.1) is 0 Å². The monoisotopic (exact) mass is 258 g/mol. The number of rotatable bonds is 3. The molecule has 2 aromatic carbocycles. The SMILES string of the molecule is COc1cc(F)c(C=O)c(C)c1-c1ccccc1C. The lowest BCUT2D eigenvalue weighted by Gasteiger charge is -2.16. The number of halogens is 1.